The highest BCUT2D eigenvalue weighted by Gasteiger charge is 2.12. The van der Waals surface area contributed by atoms with E-state index in [1.807, 2.05) is 6.92 Å². The van der Waals surface area contributed by atoms with Crippen molar-refractivity contribution in [1.29, 1.82) is 0 Å². The number of hydrogen-bond acceptors (Lipinski definition) is 2. The zero-order chi connectivity index (χ0) is 13.9. The minimum absolute atomic E-state index is 0.202. The Morgan fingerprint density at radius 2 is 2.15 bits per heavy atom. The van der Waals surface area contributed by atoms with Crippen molar-refractivity contribution < 1.29 is 4.39 Å². The van der Waals surface area contributed by atoms with Gasteiger partial charge in [-0.1, -0.05) is 24.3 Å². The Kier molecular flexibility index (Phi) is 3.59. The van der Waals surface area contributed by atoms with Gasteiger partial charge in [0.1, 0.15) is 5.82 Å². The van der Waals surface area contributed by atoms with E-state index in [4.69, 9.17) is 0 Å². The molecule has 0 fully saturated rings. The van der Waals surface area contributed by atoms with Gasteiger partial charge in [0, 0.05) is 24.5 Å². The Morgan fingerprint density at radius 3 is 3.05 bits per heavy atom. The Morgan fingerprint density at radius 1 is 1.25 bits per heavy atom. The third-order valence-electron chi connectivity index (χ3n) is 3.83. The monoisotopic (exact) mass is 270 g/mol. The lowest BCUT2D eigenvalue weighted by molar-refractivity contribution is 0.628. The second kappa shape index (κ2) is 5.53. The van der Waals surface area contributed by atoms with E-state index in [-0.39, 0.29) is 5.82 Å². The van der Waals surface area contributed by atoms with Gasteiger partial charge in [-0.3, -0.25) is 0 Å². The third-order valence-corrected chi connectivity index (χ3v) is 3.83. The van der Waals surface area contributed by atoms with Crippen molar-refractivity contribution in [2.45, 2.75) is 26.3 Å². The highest BCUT2D eigenvalue weighted by Crippen LogP contribution is 2.27. The number of para-hydroxylation sites is 1. The fraction of sp³-hybridized carbons (Fsp3) is 0.294. The van der Waals surface area contributed by atoms with Crippen LogP contribution in [0.2, 0.25) is 0 Å². The van der Waals surface area contributed by atoms with Crippen LogP contribution in [0.4, 0.5) is 15.8 Å². The van der Waals surface area contributed by atoms with E-state index in [1.165, 1.54) is 29.3 Å². The van der Waals surface area contributed by atoms with Gasteiger partial charge < -0.3 is 10.6 Å². The Bertz CT molecular complexity index is 622. The molecule has 2 nitrogen and oxygen atoms in total. The lowest BCUT2D eigenvalue weighted by Gasteiger charge is -2.22. The first-order valence-corrected chi connectivity index (χ1v) is 7.09. The van der Waals surface area contributed by atoms with Gasteiger partial charge in [-0.05, 0) is 48.6 Å². The second-order valence-corrected chi connectivity index (χ2v) is 5.29. The molecule has 0 bridgehead atoms. The van der Waals surface area contributed by atoms with Crippen LogP contribution >= 0.6 is 0 Å². The van der Waals surface area contributed by atoms with Crippen LogP contribution in [0.15, 0.2) is 36.4 Å². The molecule has 0 aliphatic carbocycles. The lowest BCUT2D eigenvalue weighted by atomic mass is 9.99. The van der Waals surface area contributed by atoms with Crippen molar-refractivity contribution in [3.63, 3.8) is 0 Å². The molecule has 0 saturated carbocycles. The molecule has 0 radical (unpaired) electrons. The summed E-state index contributed by atoms with van der Waals surface area (Å²) < 4.78 is 13.3. The summed E-state index contributed by atoms with van der Waals surface area (Å²) >= 11 is 0. The van der Waals surface area contributed by atoms with Crippen molar-refractivity contribution >= 4 is 11.4 Å². The molecule has 2 N–H and O–H groups in total. The van der Waals surface area contributed by atoms with Crippen LogP contribution < -0.4 is 10.6 Å². The van der Waals surface area contributed by atoms with Gasteiger partial charge >= 0.3 is 0 Å². The maximum atomic E-state index is 13.3. The fourth-order valence-electron chi connectivity index (χ4n) is 2.70. The number of halogens is 1. The van der Waals surface area contributed by atoms with Crippen LogP contribution in [0.25, 0.3) is 0 Å². The number of rotatable bonds is 3. The summed E-state index contributed by atoms with van der Waals surface area (Å²) in [5.74, 6) is -0.202. The Labute approximate surface area is 119 Å². The van der Waals surface area contributed by atoms with E-state index in [9.17, 15) is 4.39 Å². The number of fused-ring (bicyclic) bond motifs is 1. The third kappa shape index (κ3) is 2.62. The average molecular weight is 270 g/mol. The van der Waals surface area contributed by atoms with Crippen LogP contribution in [0.3, 0.4) is 0 Å². The second-order valence-electron chi connectivity index (χ2n) is 5.29. The van der Waals surface area contributed by atoms with Crippen LogP contribution in [-0.4, -0.2) is 6.54 Å². The van der Waals surface area contributed by atoms with Gasteiger partial charge in [0.15, 0.2) is 0 Å². The molecular weight excluding hydrogens is 251 g/mol. The quantitative estimate of drug-likeness (QED) is 0.877. The van der Waals surface area contributed by atoms with E-state index in [0.717, 1.165) is 24.2 Å². The van der Waals surface area contributed by atoms with Gasteiger partial charge in [-0.2, -0.15) is 0 Å². The maximum absolute atomic E-state index is 13.3. The largest absolute Gasteiger partial charge is 0.385 e. The summed E-state index contributed by atoms with van der Waals surface area (Å²) in [5.41, 5.74) is 5.79. The molecule has 2 aromatic rings. The molecule has 0 unspecified atom stereocenters. The summed E-state index contributed by atoms with van der Waals surface area (Å²) in [4.78, 5) is 0. The molecule has 3 heteroatoms. The molecule has 20 heavy (non-hydrogen) atoms. The SMILES string of the molecule is Cc1ccc(F)cc1NCc1cccc2c1NCCC2. The van der Waals surface area contributed by atoms with E-state index >= 15 is 0 Å². The molecule has 104 valence electrons. The summed E-state index contributed by atoms with van der Waals surface area (Å²) in [6.07, 6.45) is 2.32. The van der Waals surface area contributed by atoms with Crippen molar-refractivity contribution in [3.8, 4) is 0 Å². The number of hydrogen-bond donors (Lipinski definition) is 2. The highest BCUT2D eigenvalue weighted by molar-refractivity contribution is 5.61. The molecule has 2 aromatic carbocycles. The molecule has 0 saturated heterocycles. The van der Waals surface area contributed by atoms with Gasteiger partial charge in [-0.15, -0.1) is 0 Å². The zero-order valence-electron chi connectivity index (χ0n) is 11.7. The van der Waals surface area contributed by atoms with Gasteiger partial charge in [0.05, 0.1) is 0 Å². The standard InChI is InChI=1S/C17H19FN2/c1-12-7-8-15(18)10-16(12)20-11-14-5-2-4-13-6-3-9-19-17(13)14/h2,4-5,7-8,10,19-20H,3,6,9,11H2,1H3. The van der Waals surface area contributed by atoms with Crippen molar-refractivity contribution in [2.75, 3.05) is 17.2 Å². The molecule has 0 spiro atoms. The fourth-order valence-corrected chi connectivity index (χ4v) is 2.70. The first-order chi connectivity index (χ1) is 9.74. The minimum Gasteiger partial charge on any atom is -0.385 e. The summed E-state index contributed by atoms with van der Waals surface area (Å²) in [5, 5.41) is 6.82. The summed E-state index contributed by atoms with van der Waals surface area (Å²) in [6.45, 7) is 3.73. The molecule has 0 aromatic heterocycles. The predicted octanol–water partition coefficient (Wildman–Crippen LogP) is 4.10. The number of nitrogens with one attached hydrogen (secondary N) is 2. The highest BCUT2D eigenvalue weighted by atomic mass is 19.1. The molecular formula is C17H19FN2. The Hall–Kier alpha value is -2.03. The maximum Gasteiger partial charge on any atom is 0.125 e. The summed E-state index contributed by atoms with van der Waals surface area (Å²) in [6, 6.07) is 11.2. The molecule has 1 heterocycles. The van der Waals surface area contributed by atoms with E-state index in [1.54, 1.807) is 12.1 Å². The van der Waals surface area contributed by atoms with Gasteiger partial charge in [0.25, 0.3) is 0 Å². The topological polar surface area (TPSA) is 24.1 Å². The molecule has 0 atom stereocenters. The van der Waals surface area contributed by atoms with Crippen molar-refractivity contribution in [1.82, 2.24) is 0 Å². The van der Waals surface area contributed by atoms with Crippen LogP contribution in [-0.2, 0) is 13.0 Å². The molecule has 3 rings (SSSR count). The van der Waals surface area contributed by atoms with Crippen molar-refractivity contribution in [2.24, 2.45) is 0 Å². The van der Waals surface area contributed by atoms with Crippen LogP contribution in [0.1, 0.15) is 23.1 Å². The van der Waals surface area contributed by atoms with Crippen molar-refractivity contribution in [3.05, 3.63) is 58.9 Å². The average Bonchev–Trinajstić information content (AvgIpc) is 2.48. The van der Waals surface area contributed by atoms with E-state index in [0.29, 0.717) is 6.54 Å². The molecule has 1 aliphatic rings. The zero-order valence-corrected chi connectivity index (χ0v) is 11.7. The summed E-state index contributed by atoms with van der Waals surface area (Å²) in [7, 11) is 0. The van der Waals surface area contributed by atoms with E-state index < -0.39 is 0 Å². The molecule has 1 aliphatic heterocycles. The van der Waals surface area contributed by atoms with Gasteiger partial charge in [-0.25, -0.2) is 4.39 Å². The van der Waals surface area contributed by atoms with E-state index in [2.05, 4.69) is 28.8 Å². The predicted molar refractivity (Wildman–Crippen MR) is 81.7 cm³/mol. The van der Waals surface area contributed by atoms with Crippen LogP contribution in [0, 0.1) is 12.7 Å². The normalized spacial score (nSPS) is 13.5. The Balaban J connectivity index is 1.80. The smallest absolute Gasteiger partial charge is 0.125 e. The first kappa shape index (κ1) is 13.0. The molecule has 0 amide bonds. The first-order valence-electron chi connectivity index (χ1n) is 7.09. The number of anilines is 2. The minimum atomic E-state index is -0.202. The number of benzene rings is 2. The number of aryl methyl sites for hydroxylation is 2. The van der Waals surface area contributed by atoms with Crippen LogP contribution in [0.5, 0.6) is 0 Å². The van der Waals surface area contributed by atoms with Gasteiger partial charge in [0.2, 0.25) is 0 Å². The lowest BCUT2D eigenvalue weighted by Crippen LogP contribution is -2.15.